The first-order valence-corrected chi connectivity index (χ1v) is 5.75. The molecule has 0 aromatic carbocycles. The fraction of sp³-hybridized carbons (Fsp3) is 0.700. The summed E-state index contributed by atoms with van der Waals surface area (Å²) in [5.74, 6) is 0.628. The maximum absolute atomic E-state index is 11.6. The van der Waals surface area contributed by atoms with Crippen LogP contribution in [0.2, 0.25) is 0 Å². The average Bonchev–Trinajstić information content (AvgIpc) is 2.76. The average molecular weight is 239 g/mol. The van der Waals surface area contributed by atoms with Gasteiger partial charge in [-0.2, -0.15) is 0 Å². The molecule has 1 saturated carbocycles. The van der Waals surface area contributed by atoms with E-state index in [0.717, 1.165) is 19.3 Å². The quantitative estimate of drug-likeness (QED) is 0.628. The molecule has 2 unspecified atom stereocenters. The minimum absolute atomic E-state index is 0.222. The predicted molar refractivity (Wildman–Crippen MR) is 64.1 cm³/mol. The summed E-state index contributed by atoms with van der Waals surface area (Å²) in [7, 11) is 1.81. The van der Waals surface area contributed by atoms with E-state index in [1.54, 1.807) is 0 Å². The van der Waals surface area contributed by atoms with Gasteiger partial charge in [-0.15, -0.1) is 5.10 Å². The molecule has 1 aromatic heterocycles. The Morgan fingerprint density at radius 3 is 2.88 bits per heavy atom. The molecule has 0 saturated heterocycles. The minimum Gasteiger partial charge on any atom is -0.350 e. The van der Waals surface area contributed by atoms with E-state index in [0.29, 0.717) is 12.5 Å². The van der Waals surface area contributed by atoms with E-state index in [1.165, 1.54) is 0 Å². The highest BCUT2D eigenvalue weighted by atomic mass is 16.2. The Bertz CT molecular complexity index is 494. The van der Waals surface area contributed by atoms with Crippen LogP contribution in [-0.4, -0.2) is 34.8 Å². The van der Waals surface area contributed by atoms with Crippen molar-refractivity contribution in [2.45, 2.75) is 25.3 Å². The maximum atomic E-state index is 11.6. The van der Waals surface area contributed by atoms with Crippen molar-refractivity contribution in [2.75, 3.05) is 18.5 Å². The lowest BCUT2D eigenvalue weighted by Gasteiger charge is -2.28. The third kappa shape index (κ3) is 2.23. The van der Waals surface area contributed by atoms with Crippen molar-refractivity contribution in [3.63, 3.8) is 0 Å². The van der Waals surface area contributed by atoms with Crippen molar-refractivity contribution in [1.82, 2.24) is 15.2 Å². The number of rotatable bonds is 3. The highest BCUT2D eigenvalue weighted by molar-refractivity contribution is 5.35. The first-order chi connectivity index (χ1) is 8.13. The zero-order chi connectivity index (χ0) is 12.4. The topological polar surface area (TPSA) is 108 Å². The lowest BCUT2D eigenvalue weighted by atomic mass is 10.0. The summed E-state index contributed by atoms with van der Waals surface area (Å²) in [5.41, 5.74) is 4.66. The van der Waals surface area contributed by atoms with Gasteiger partial charge in [0.05, 0.1) is 0 Å². The maximum Gasteiger partial charge on any atom is 0.342 e. The number of nitrogens with zero attached hydrogens (tertiary/aromatic N) is 2. The van der Waals surface area contributed by atoms with Gasteiger partial charge in [0.25, 0.3) is 5.56 Å². The number of anilines is 1. The Morgan fingerprint density at radius 1 is 1.47 bits per heavy atom. The minimum atomic E-state index is -0.589. The van der Waals surface area contributed by atoms with E-state index in [-0.39, 0.29) is 11.9 Å². The molecule has 2 atom stereocenters. The van der Waals surface area contributed by atoms with E-state index in [9.17, 15) is 9.59 Å². The summed E-state index contributed by atoms with van der Waals surface area (Å²) in [6.45, 7) is 0.607. The Kier molecular flexibility index (Phi) is 3.28. The van der Waals surface area contributed by atoms with Crippen LogP contribution in [0.25, 0.3) is 0 Å². The largest absolute Gasteiger partial charge is 0.350 e. The monoisotopic (exact) mass is 239 g/mol. The van der Waals surface area contributed by atoms with Gasteiger partial charge in [0.2, 0.25) is 5.82 Å². The summed E-state index contributed by atoms with van der Waals surface area (Å²) in [6.07, 6.45) is 3.18. The van der Waals surface area contributed by atoms with Crippen LogP contribution in [0.1, 0.15) is 19.3 Å². The molecule has 1 aromatic rings. The molecule has 0 radical (unpaired) electrons. The fourth-order valence-electron chi connectivity index (χ4n) is 2.54. The Hall–Kier alpha value is -1.63. The SMILES string of the molecule is CN(c1n[nH]c(=O)[nH]c1=O)C1CCCC1CN. The molecular weight excluding hydrogens is 222 g/mol. The smallest absolute Gasteiger partial charge is 0.342 e. The molecule has 0 aliphatic heterocycles. The molecule has 0 spiro atoms. The molecule has 1 fully saturated rings. The molecule has 0 amide bonds. The van der Waals surface area contributed by atoms with Crippen molar-refractivity contribution in [3.05, 3.63) is 20.8 Å². The second-order valence-corrected chi connectivity index (χ2v) is 4.44. The van der Waals surface area contributed by atoms with Gasteiger partial charge in [-0.25, -0.2) is 9.89 Å². The normalized spacial score (nSPS) is 23.9. The highest BCUT2D eigenvalue weighted by Crippen LogP contribution is 2.29. The lowest BCUT2D eigenvalue weighted by Crippen LogP contribution is -2.42. The summed E-state index contributed by atoms with van der Waals surface area (Å²) in [4.78, 5) is 26.5. The van der Waals surface area contributed by atoms with E-state index < -0.39 is 11.2 Å². The molecule has 1 aliphatic rings. The van der Waals surface area contributed by atoms with Crippen molar-refractivity contribution >= 4 is 5.82 Å². The van der Waals surface area contributed by atoms with Crippen LogP contribution < -0.4 is 21.9 Å². The van der Waals surface area contributed by atoms with Crippen LogP contribution in [0.4, 0.5) is 5.82 Å². The number of nitrogens with one attached hydrogen (secondary N) is 2. The Balaban J connectivity index is 2.27. The predicted octanol–water partition coefficient (Wildman–Crippen LogP) is -0.978. The number of hydrogen-bond donors (Lipinski definition) is 3. The Morgan fingerprint density at radius 2 is 2.24 bits per heavy atom. The molecule has 1 aliphatic carbocycles. The molecular formula is C10H17N5O2. The number of aromatic nitrogens is 3. The zero-order valence-corrected chi connectivity index (χ0v) is 9.77. The van der Waals surface area contributed by atoms with Gasteiger partial charge >= 0.3 is 5.69 Å². The van der Waals surface area contributed by atoms with Gasteiger partial charge in [0.15, 0.2) is 0 Å². The fourth-order valence-corrected chi connectivity index (χ4v) is 2.54. The number of nitrogens with two attached hydrogens (primary N) is 1. The van der Waals surface area contributed by atoms with Gasteiger partial charge < -0.3 is 10.6 Å². The summed E-state index contributed by atoms with van der Waals surface area (Å²) in [6, 6.07) is 0.222. The van der Waals surface area contributed by atoms with E-state index in [1.807, 2.05) is 11.9 Å². The first kappa shape index (κ1) is 11.8. The van der Waals surface area contributed by atoms with Crippen LogP contribution in [-0.2, 0) is 0 Å². The van der Waals surface area contributed by atoms with Crippen LogP contribution in [0.5, 0.6) is 0 Å². The number of hydrogen-bond acceptors (Lipinski definition) is 5. The van der Waals surface area contributed by atoms with Crippen LogP contribution >= 0.6 is 0 Å². The standard InChI is InChI=1S/C10H17N5O2/c1-15(7-4-2-3-6(7)5-11)8-9(16)12-10(17)14-13-8/h6-7H,2-5,11H2,1H3,(H2,12,14,16,17). The van der Waals surface area contributed by atoms with Gasteiger partial charge in [0.1, 0.15) is 0 Å². The summed E-state index contributed by atoms with van der Waals surface area (Å²) in [5, 5.41) is 6.04. The highest BCUT2D eigenvalue weighted by Gasteiger charge is 2.31. The Labute approximate surface area is 98.0 Å². The third-order valence-electron chi connectivity index (χ3n) is 3.45. The number of H-pyrrole nitrogens is 2. The lowest BCUT2D eigenvalue weighted by molar-refractivity contribution is 0.469. The zero-order valence-electron chi connectivity index (χ0n) is 9.77. The molecule has 7 nitrogen and oxygen atoms in total. The van der Waals surface area contributed by atoms with E-state index >= 15 is 0 Å². The van der Waals surface area contributed by atoms with E-state index in [4.69, 9.17) is 5.73 Å². The molecule has 0 bridgehead atoms. The van der Waals surface area contributed by atoms with Crippen LogP contribution in [0.15, 0.2) is 9.59 Å². The van der Waals surface area contributed by atoms with Crippen molar-refractivity contribution in [2.24, 2.45) is 11.7 Å². The third-order valence-corrected chi connectivity index (χ3v) is 3.45. The molecule has 1 heterocycles. The second kappa shape index (κ2) is 4.70. The van der Waals surface area contributed by atoms with Gasteiger partial charge in [-0.1, -0.05) is 6.42 Å². The summed E-state index contributed by atoms with van der Waals surface area (Å²) < 4.78 is 0. The van der Waals surface area contributed by atoms with Gasteiger partial charge in [0, 0.05) is 13.1 Å². The van der Waals surface area contributed by atoms with Crippen LogP contribution in [0, 0.1) is 5.92 Å². The molecule has 17 heavy (non-hydrogen) atoms. The van der Waals surface area contributed by atoms with Crippen molar-refractivity contribution < 1.29 is 0 Å². The molecule has 7 heteroatoms. The van der Waals surface area contributed by atoms with Crippen LogP contribution in [0.3, 0.4) is 0 Å². The molecule has 4 N–H and O–H groups in total. The van der Waals surface area contributed by atoms with Crippen molar-refractivity contribution in [3.8, 4) is 0 Å². The second-order valence-electron chi connectivity index (χ2n) is 4.44. The van der Waals surface area contributed by atoms with E-state index in [2.05, 4.69) is 15.2 Å². The van der Waals surface area contributed by atoms with Gasteiger partial charge in [-0.3, -0.25) is 9.78 Å². The van der Waals surface area contributed by atoms with Crippen molar-refractivity contribution in [1.29, 1.82) is 0 Å². The van der Waals surface area contributed by atoms with Gasteiger partial charge in [-0.05, 0) is 25.3 Å². The molecule has 94 valence electrons. The molecule has 2 rings (SSSR count). The first-order valence-electron chi connectivity index (χ1n) is 5.75. The summed E-state index contributed by atoms with van der Waals surface area (Å²) >= 11 is 0. The number of aromatic amines is 2.